The number of fused-ring (bicyclic) bond motifs is 2. The van der Waals surface area contributed by atoms with Crippen molar-refractivity contribution in [2.75, 3.05) is 7.11 Å². The van der Waals surface area contributed by atoms with Crippen LogP contribution in [-0.4, -0.2) is 17.0 Å². The normalized spacial score (nSPS) is 10.8. The van der Waals surface area contributed by atoms with E-state index in [1.54, 1.807) is 25.3 Å². The zero-order chi connectivity index (χ0) is 14.3. The van der Waals surface area contributed by atoms with Gasteiger partial charge in [0.05, 0.1) is 28.5 Å². The van der Waals surface area contributed by atoms with E-state index in [0.29, 0.717) is 27.6 Å². The molecule has 100 valence electrons. The Kier molecular flexibility index (Phi) is 2.64. The fraction of sp³-hybridized carbons (Fsp3) is 0.0714. The van der Waals surface area contributed by atoms with Crippen LogP contribution in [0.25, 0.3) is 21.8 Å². The van der Waals surface area contributed by atoms with E-state index in [-0.39, 0.29) is 11.1 Å². The maximum Gasteiger partial charge on any atom is 0.270 e. The summed E-state index contributed by atoms with van der Waals surface area (Å²) in [5.41, 5.74) is 0.855. The van der Waals surface area contributed by atoms with Gasteiger partial charge in [-0.1, -0.05) is 0 Å². The van der Waals surface area contributed by atoms with Gasteiger partial charge in [-0.25, -0.2) is 0 Å². The number of nitrogens with zero attached hydrogens (tertiary/aromatic N) is 1. The lowest BCUT2D eigenvalue weighted by Crippen LogP contribution is -2.04. The van der Waals surface area contributed by atoms with Crippen LogP contribution in [0.1, 0.15) is 0 Å². The van der Waals surface area contributed by atoms with Crippen molar-refractivity contribution in [1.82, 2.24) is 4.98 Å². The van der Waals surface area contributed by atoms with Gasteiger partial charge in [0.25, 0.3) is 5.69 Å². The van der Waals surface area contributed by atoms with Gasteiger partial charge < -0.3 is 9.72 Å². The number of nitrogens with one attached hydrogen (secondary N) is 1. The Balaban J connectivity index is 2.40. The molecular formula is C14H10N2O4. The van der Waals surface area contributed by atoms with Gasteiger partial charge in [0.2, 0.25) is 0 Å². The molecule has 0 unspecified atom stereocenters. The summed E-state index contributed by atoms with van der Waals surface area (Å²) >= 11 is 0. The van der Waals surface area contributed by atoms with Crippen LogP contribution < -0.4 is 10.2 Å². The topological polar surface area (TPSA) is 85.2 Å². The number of non-ortho nitro benzene ring substituents is 1. The monoisotopic (exact) mass is 270 g/mol. The van der Waals surface area contributed by atoms with Crippen LogP contribution in [0, 0.1) is 10.1 Å². The molecular weight excluding hydrogens is 260 g/mol. The molecule has 0 radical (unpaired) electrons. The smallest absolute Gasteiger partial charge is 0.270 e. The van der Waals surface area contributed by atoms with Crippen LogP contribution in [0.15, 0.2) is 41.2 Å². The quantitative estimate of drug-likeness (QED) is 0.440. The number of nitro groups is 1. The molecule has 1 heterocycles. The third-order valence-corrected chi connectivity index (χ3v) is 3.20. The number of rotatable bonds is 2. The van der Waals surface area contributed by atoms with E-state index in [2.05, 4.69) is 4.98 Å². The van der Waals surface area contributed by atoms with Crippen LogP contribution in [-0.2, 0) is 0 Å². The second-order valence-electron chi connectivity index (χ2n) is 4.35. The molecule has 0 aliphatic carbocycles. The van der Waals surface area contributed by atoms with Crippen molar-refractivity contribution < 1.29 is 9.66 Å². The molecule has 0 saturated carbocycles. The number of H-pyrrole nitrogens is 1. The standard InChI is InChI=1S/C14H10N2O4/c1-20-9-3-4-10-13(7-9)15-12-5-2-8(16(18)19)6-11(12)14(10)17/h2-7H,1H3,(H,15,17). The fourth-order valence-electron chi connectivity index (χ4n) is 2.18. The number of aromatic nitrogens is 1. The summed E-state index contributed by atoms with van der Waals surface area (Å²) in [6.07, 6.45) is 0. The predicted molar refractivity (Wildman–Crippen MR) is 75.3 cm³/mol. The average Bonchev–Trinajstić information content (AvgIpc) is 2.46. The van der Waals surface area contributed by atoms with Gasteiger partial charge in [-0.3, -0.25) is 14.9 Å². The highest BCUT2D eigenvalue weighted by Crippen LogP contribution is 2.22. The number of nitro benzene ring substituents is 1. The Labute approximate surface area is 112 Å². The van der Waals surface area contributed by atoms with Gasteiger partial charge in [0.1, 0.15) is 5.75 Å². The third kappa shape index (κ3) is 1.78. The van der Waals surface area contributed by atoms with Crippen LogP contribution in [0.5, 0.6) is 5.75 Å². The van der Waals surface area contributed by atoms with Crippen molar-refractivity contribution >= 4 is 27.5 Å². The molecule has 0 saturated heterocycles. The summed E-state index contributed by atoms with van der Waals surface area (Å²) in [5.74, 6) is 0.634. The van der Waals surface area contributed by atoms with Gasteiger partial charge in [0.15, 0.2) is 5.43 Å². The highest BCUT2D eigenvalue weighted by atomic mass is 16.6. The van der Waals surface area contributed by atoms with E-state index in [9.17, 15) is 14.9 Å². The van der Waals surface area contributed by atoms with Gasteiger partial charge >= 0.3 is 0 Å². The molecule has 6 nitrogen and oxygen atoms in total. The number of methoxy groups -OCH3 is 1. The van der Waals surface area contributed by atoms with Crippen molar-refractivity contribution in [3.63, 3.8) is 0 Å². The molecule has 0 bridgehead atoms. The highest BCUT2D eigenvalue weighted by molar-refractivity contribution is 5.93. The van der Waals surface area contributed by atoms with E-state index >= 15 is 0 Å². The van der Waals surface area contributed by atoms with E-state index in [4.69, 9.17) is 4.74 Å². The molecule has 0 spiro atoms. The summed E-state index contributed by atoms with van der Waals surface area (Å²) in [7, 11) is 1.55. The average molecular weight is 270 g/mol. The maximum atomic E-state index is 12.4. The molecule has 6 heteroatoms. The van der Waals surface area contributed by atoms with Gasteiger partial charge in [-0.15, -0.1) is 0 Å². The van der Waals surface area contributed by atoms with E-state index in [0.717, 1.165) is 0 Å². The fourth-order valence-corrected chi connectivity index (χ4v) is 2.18. The first-order chi connectivity index (χ1) is 9.60. The van der Waals surface area contributed by atoms with Gasteiger partial charge in [-0.05, 0) is 18.2 Å². The highest BCUT2D eigenvalue weighted by Gasteiger charge is 2.11. The Hall–Kier alpha value is -2.89. The minimum Gasteiger partial charge on any atom is -0.497 e. The molecule has 0 amide bonds. The van der Waals surface area contributed by atoms with Gasteiger partial charge in [-0.2, -0.15) is 0 Å². The summed E-state index contributed by atoms with van der Waals surface area (Å²) in [4.78, 5) is 25.7. The molecule has 0 fully saturated rings. The van der Waals surface area contributed by atoms with E-state index < -0.39 is 4.92 Å². The number of hydrogen-bond acceptors (Lipinski definition) is 4. The molecule has 3 aromatic rings. The summed E-state index contributed by atoms with van der Waals surface area (Å²) in [6, 6.07) is 9.24. The molecule has 1 N–H and O–H groups in total. The zero-order valence-electron chi connectivity index (χ0n) is 10.5. The van der Waals surface area contributed by atoms with Crippen molar-refractivity contribution in [1.29, 1.82) is 0 Å². The van der Waals surface area contributed by atoms with Crippen LogP contribution >= 0.6 is 0 Å². The Morgan fingerprint density at radius 3 is 2.60 bits per heavy atom. The minimum absolute atomic E-state index is 0.101. The molecule has 0 aliphatic rings. The zero-order valence-corrected chi connectivity index (χ0v) is 10.5. The van der Waals surface area contributed by atoms with Crippen molar-refractivity contribution in [2.45, 2.75) is 0 Å². The first-order valence-electron chi connectivity index (χ1n) is 5.88. The maximum absolute atomic E-state index is 12.4. The number of pyridine rings is 1. The molecule has 2 aromatic carbocycles. The van der Waals surface area contributed by atoms with Crippen LogP contribution in [0.4, 0.5) is 5.69 Å². The SMILES string of the molecule is COc1ccc2c(=O)c3cc([N+](=O)[O-])ccc3[nH]c2c1. The summed E-state index contributed by atoms with van der Waals surface area (Å²) < 4.78 is 5.11. The summed E-state index contributed by atoms with van der Waals surface area (Å²) in [5, 5.41) is 11.6. The minimum atomic E-state index is -0.517. The number of ether oxygens (including phenoxy) is 1. The van der Waals surface area contributed by atoms with Crippen molar-refractivity contribution in [3.8, 4) is 5.75 Å². The van der Waals surface area contributed by atoms with E-state index in [1.807, 2.05) is 0 Å². The van der Waals surface area contributed by atoms with Crippen LogP contribution in [0.3, 0.4) is 0 Å². The number of benzene rings is 2. The van der Waals surface area contributed by atoms with Crippen molar-refractivity contribution in [2.24, 2.45) is 0 Å². The Morgan fingerprint density at radius 2 is 1.90 bits per heavy atom. The Bertz CT molecular complexity index is 899. The van der Waals surface area contributed by atoms with E-state index in [1.165, 1.54) is 18.2 Å². The molecule has 3 rings (SSSR count). The second kappa shape index (κ2) is 4.34. The first kappa shape index (κ1) is 12.2. The molecule has 0 atom stereocenters. The largest absolute Gasteiger partial charge is 0.497 e. The molecule has 20 heavy (non-hydrogen) atoms. The molecule has 1 aromatic heterocycles. The molecule has 0 aliphatic heterocycles. The van der Waals surface area contributed by atoms with Crippen molar-refractivity contribution in [3.05, 3.63) is 56.7 Å². The predicted octanol–water partition coefficient (Wildman–Crippen LogP) is 2.60. The first-order valence-corrected chi connectivity index (χ1v) is 5.88. The van der Waals surface area contributed by atoms with Gasteiger partial charge in [0, 0.05) is 23.6 Å². The third-order valence-electron chi connectivity index (χ3n) is 3.20. The number of hydrogen-bond donors (Lipinski definition) is 1. The Morgan fingerprint density at radius 1 is 1.10 bits per heavy atom. The van der Waals surface area contributed by atoms with Crippen LogP contribution in [0.2, 0.25) is 0 Å². The summed E-state index contributed by atoms with van der Waals surface area (Å²) in [6.45, 7) is 0. The lowest BCUT2D eigenvalue weighted by molar-refractivity contribution is -0.384. The lowest BCUT2D eigenvalue weighted by atomic mass is 10.1. The lowest BCUT2D eigenvalue weighted by Gasteiger charge is -2.05. The second-order valence-corrected chi connectivity index (χ2v) is 4.35. The number of aromatic amines is 1.